The molecule has 2 rings (SSSR count). The fourth-order valence-electron chi connectivity index (χ4n) is 2.66. The minimum absolute atomic E-state index is 0.0386. The molecule has 0 heterocycles. The number of unbranched alkanes of at least 4 members (excludes halogenated alkanes) is 2. The van der Waals surface area contributed by atoms with E-state index >= 15 is 0 Å². The summed E-state index contributed by atoms with van der Waals surface area (Å²) in [7, 11) is 1.60. The average molecular weight is 374 g/mol. The second-order valence-corrected chi connectivity index (χ2v) is 5.85. The van der Waals surface area contributed by atoms with Crippen LogP contribution in [0.25, 0.3) is 0 Å². The molecule has 2 aromatic rings. The number of hydrogen-bond donors (Lipinski definition) is 1. The van der Waals surface area contributed by atoms with Gasteiger partial charge in [-0.15, -0.1) is 0 Å². The van der Waals surface area contributed by atoms with E-state index in [0.717, 1.165) is 30.0 Å². The summed E-state index contributed by atoms with van der Waals surface area (Å²) in [6, 6.07) is 13.9. The van der Waals surface area contributed by atoms with Crippen LogP contribution in [0.5, 0.6) is 5.75 Å². The van der Waals surface area contributed by atoms with E-state index in [0.29, 0.717) is 13.0 Å². The monoisotopic (exact) mass is 374 g/mol. The van der Waals surface area contributed by atoms with Crippen molar-refractivity contribution in [2.24, 2.45) is 5.28 Å². The molecule has 0 atom stereocenters. The maximum atomic E-state index is 10.9. The minimum Gasteiger partial charge on any atom is -0.597 e. The molecule has 0 aliphatic carbocycles. The number of hydrogen-bond acceptors (Lipinski definition) is 6. The Bertz CT molecular complexity index is 762. The smallest absolute Gasteiger partial charge is 0.269 e. The molecule has 0 saturated carbocycles. The number of nitro groups is 1. The van der Waals surface area contributed by atoms with Gasteiger partial charge in [-0.3, -0.25) is 10.1 Å². The van der Waals surface area contributed by atoms with Crippen LogP contribution >= 0.6 is 0 Å². The summed E-state index contributed by atoms with van der Waals surface area (Å²) in [5, 5.41) is 32.7. The van der Waals surface area contributed by atoms with Gasteiger partial charge in [-0.05, 0) is 49.2 Å². The molecular weight excluding hydrogens is 352 g/mol. The van der Waals surface area contributed by atoms with E-state index in [9.17, 15) is 15.3 Å². The Morgan fingerprint density at radius 3 is 2.11 bits per heavy atom. The molecule has 0 fully saturated rings. The fraction of sp³-hybridized carbons (Fsp3) is 0.333. The van der Waals surface area contributed by atoms with Crippen molar-refractivity contribution in [1.82, 2.24) is 0 Å². The first-order valence-corrected chi connectivity index (χ1v) is 8.51. The standard InChI is InChI=1S/C18H22N4O5/c1-27-18-11-9-16(10-12-18)20(13-3-2-4-14-21(24)19-23)15-5-7-17(8-6-15)22(25)26/h5-12,23H,2-4,13-14H2,1H3. The van der Waals surface area contributed by atoms with Crippen molar-refractivity contribution in [3.05, 3.63) is 63.9 Å². The zero-order valence-corrected chi connectivity index (χ0v) is 15.0. The van der Waals surface area contributed by atoms with Crippen LogP contribution in [-0.2, 0) is 0 Å². The lowest BCUT2D eigenvalue weighted by Crippen LogP contribution is -2.18. The molecule has 27 heavy (non-hydrogen) atoms. The first-order valence-electron chi connectivity index (χ1n) is 8.51. The third kappa shape index (κ3) is 5.84. The van der Waals surface area contributed by atoms with E-state index in [1.165, 1.54) is 12.1 Å². The van der Waals surface area contributed by atoms with Gasteiger partial charge in [-0.1, -0.05) is 4.86 Å². The summed E-state index contributed by atoms with van der Waals surface area (Å²) in [6.07, 6.45) is 2.17. The number of ether oxygens (including phenoxy) is 1. The number of hydroxylamine groups is 1. The van der Waals surface area contributed by atoms with Gasteiger partial charge in [0.2, 0.25) is 0 Å². The summed E-state index contributed by atoms with van der Waals surface area (Å²) < 4.78 is 5.19. The van der Waals surface area contributed by atoms with Gasteiger partial charge in [-0.25, -0.2) is 0 Å². The average Bonchev–Trinajstić information content (AvgIpc) is 2.70. The van der Waals surface area contributed by atoms with E-state index in [1.807, 2.05) is 24.3 Å². The highest BCUT2D eigenvalue weighted by atomic mass is 16.6. The van der Waals surface area contributed by atoms with Crippen LogP contribution < -0.4 is 9.64 Å². The summed E-state index contributed by atoms with van der Waals surface area (Å²) >= 11 is 0. The van der Waals surface area contributed by atoms with Crippen LogP contribution in [0.15, 0.2) is 53.8 Å². The molecule has 0 saturated heterocycles. The number of nitro benzene ring substituents is 1. The minimum atomic E-state index is -0.428. The molecule has 0 radical (unpaired) electrons. The van der Waals surface area contributed by atoms with Gasteiger partial charge in [0, 0.05) is 36.5 Å². The Kier molecular flexibility index (Phi) is 7.36. The number of nitrogens with zero attached hydrogens (tertiary/aromatic N) is 4. The van der Waals surface area contributed by atoms with Gasteiger partial charge < -0.3 is 20.1 Å². The maximum Gasteiger partial charge on any atom is 0.269 e. The molecule has 9 nitrogen and oxygen atoms in total. The SMILES string of the molecule is COc1ccc(N(CCCCC[N+]([O-])=NO)c2ccc([N+](=O)[O-])cc2)cc1. The zero-order valence-electron chi connectivity index (χ0n) is 15.0. The molecular formula is C18H22N4O5. The molecule has 0 aliphatic heterocycles. The Hall–Kier alpha value is -3.36. The highest BCUT2D eigenvalue weighted by Gasteiger charge is 2.12. The van der Waals surface area contributed by atoms with Crippen molar-refractivity contribution in [2.45, 2.75) is 19.3 Å². The predicted octanol–water partition coefficient (Wildman–Crippen LogP) is 4.26. The molecule has 0 bridgehead atoms. The Balaban J connectivity index is 2.11. The van der Waals surface area contributed by atoms with Crippen molar-refractivity contribution in [1.29, 1.82) is 0 Å². The van der Waals surface area contributed by atoms with Crippen LogP contribution in [-0.4, -0.2) is 35.2 Å². The van der Waals surface area contributed by atoms with E-state index in [2.05, 4.69) is 10.2 Å². The van der Waals surface area contributed by atoms with Crippen LogP contribution in [0.1, 0.15) is 19.3 Å². The van der Waals surface area contributed by atoms with Gasteiger partial charge >= 0.3 is 0 Å². The van der Waals surface area contributed by atoms with Crippen LogP contribution in [0, 0.1) is 15.3 Å². The third-order valence-electron chi connectivity index (χ3n) is 4.09. The van der Waals surface area contributed by atoms with Crippen molar-refractivity contribution < 1.29 is 19.7 Å². The maximum absolute atomic E-state index is 10.9. The Morgan fingerprint density at radius 1 is 1.00 bits per heavy atom. The summed E-state index contributed by atoms with van der Waals surface area (Å²) in [6.45, 7) is 0.801. The summed E-state index contributed by atoms with van der Waals surface area (Å²) in [4.78, 5) is 12.7. The second kappa shape index (κ2) is 9.95. The van der Waals surface area contributed by atoms with E-state index in [-0.39, 0.29) is 17.1 Å². The largest absolute Gasteiger partial charge is 0.597 e. The van der Waals surface area contributed by atoms with Crippen LogP contribution in [0.4, 0.5) is 17.1 Å². The highest BCUT2D eigenvalue weighted by Crippen LogP contribution is 2.29. The van der Waals surface area contributed by atoms with E-state index < -0.39 is 4.92 Å². The number of methoxy groups -OCH3 is 1. The first-order chi connectivity index (χ1) is 13.0. The van der Waals surface area contributed by atoms with Gasteiger partial charge in [0.15, 0.2) is 11.8 Å². The van der Waals surface area contributed by atoms with Crippen LogP contribution in [0.2, 0.25) is 0 Å². The zero-order chi connectivity index (χ0) is 19.6. The van der Waals surface area contributed by atoms with E-state index in [4.69, 9.17) is 9.94 Å². The lowest BCUT2D eigenvalue weighted by Gasteiger charge is -2.25. The van der Waals surface area contributed by atoms with Crippen molar-refractivity contribution >= 4 is 17.1 Å². The first kappa shape index (κ1) is 20.0. The molecule has 0 aromatic heterocycles. The Morgan fingerprint density at radius 2 is 1.59 bits per heavy atom. The van der Waals surface area contributed by atoms with Gasteiger partial charge in [0.05, 0.1) is 12.0 Å². The quantitative estimate of drug-likeness (QED) is 0.218. The fourth-order valence-corrected chi connectivity index (χ4v) is 2.66. The lowest BCUT2D eigenvalue weighted by atomic mass is 10.1. The summed E-state index contributed by atoms with van der Waals surface area (Å²) in [5.41, 5.74) is 1.80. The van der Waals surface area contributed by atoms with Gasteiger partial charge in [-0.2, -0.15) is 0 Å². The molecule has 0 spiro atoms. The van der Waals surface area contributed by atoms with Crippen molar-refractivity contribution in [3.8, 4) is 5.75 Å². The van der Waals surface area contributed by atoms with E-state index in [1.54, 1.807) is 19.2 Å². The number of anilines is 2. The lowest BCUT2D eigenvalue weighted by molar-refractivity contribution is -0.556. The molecule has 9 heteroatoms. The van der Waals surface area contributed by atoms with Crippen LogP contribution in [0.3, 0.4) is 0 Å². The van der Waals surface area contributed by atoms with Crippen molar-refractivity contribution in [2.75, 3.05) is 25.1 Å². The molecule has 2 aromatic carbocycles. The number of benzene rings is 2. The summed E-state index contributed by atoms with van der Waals surface area (Å²) in [5.74, 6) is 0.741. The third-order valence-corrected chi connectivity index (χ3v) is 4.09. The molecule has 0 aliphatic rings. The van der Waals surface area contributed by atoms with Gasteiger partial charge in [0.1, 0.15) is 5.75 Å². The predicted molar refractivity (Wildman–Crippen MR) is 99.7 cm³/mol. The number of rotatable bonds is 10. The highest BCUT2D eigenvalue weighted by molar-refractivity contribution is 5.65. The number of non-ortho nitro benzene ring substituents is 1. The van der Waals surface area contributed by atoms with Crippen molar-refractivity contribution in [3.63, 3.8) is 0 Å². The normalized spacial score (nSPS) is 11.2. The second-order valence-electron chi connectivity index (χ2n) is 5.85. The molecule has 0 unspecified atom stereocenters. The molecule has 0 amide bonds. The molecule has 144 valence electrons. The topological polar surface area (TPSA) is 114 Å². The van der Waals surface area contributed by atoms with Gasteiger partial charge in [0.25, 0.3) is 5.69 Å². The Labute approximate surface area is 156 Å². The molecule has 1 N–H and O–H groups in total.